The predicted molar refractivity (Wildman–Crippen MR) is 78.4 cm³/mol. The Kier molecular flexibility index (Phi) is 3.82. The van der Waals surface area contributed by atoms with E-state index in [0.717, 1.165) is 12.1 Å². The number of hydrogen-bond donors (Lipinski definition) is 0. The number of aromatic nitrogens is 1. The first-order valence-electron chi connectivity index (χ1n) is 6.48. The normalized spacial score (nSPS) is 18.8. The average Bonchev–Trinajstić information content (AvgIpc) is 2.89. The van der Waals surface area contributed by atoms with Crippen LogP contribution in [0.5, 0.6) is 0 Å². The molecule has 1 aliphatic rings. The molecule has 0 radical (unpaired) electrons. The molecular formula is C15H11F3N2OS. The van der Waals surface area contributed by atoms with Crippen molar-refractivity contribution in [3.63, 3.8) is 0 Å². The Morgan fingerprint density at radius 3 is 2.45 bits per heavy atom. The molecule has 1 saturated heterocycles. The van der Waals surface area contributed by atoms with Gasteiger partial charge >= 0.3 is 6.18 Å². The number of hydrogen-bond acceptors (Lipinski definition) is 3. The maximum Gasteiger partial charge on any atom is 0.416 e. The maximum atomic E-state index is 12.6. The fourth-order valence-corrected chi connectivity index (χ4v) is 3.39. The van der Waals surface area contributed by atoms with E-state index >= 15 is 0 Å². The number of thioether (sulfide) groups is 1. The van der Waals surface area contributed by atoms with Crippen molar-refractivity contribution in [3.8, 4) is 0 Å². The van der Waals surface area contributed by atoms with Crippen molar-refractivity contribution in [2.45, 2.75) is 11.6 Å². The molecule has 1 amide bonds. The van der Waals surface area contributed by atoms with Crippen LogP contribution in [0.15, 0.2) is 48.7 Å². The van der Waals surface area contributed by atoms with Crippen molar-refractivity contribution < 1.29 is 18.0 Å². The van der Waals surface area contributed by atoms with E-state index < -0.39 is 11.7 Å². The zero-order valence-corrected chi connectivity index (χ0v) is 12.1. The van der Waals surface area contributed by atoms with Gasteiger partial charge < -0.3 is 0 Å². The molecule has 2 aromatic rings. The number of nitrogens with zero attached hydrogens (tertiary/aromatic N) is 2. The number of halogens is 3. The summed E-state index contributed by atoms with van der Waals surface area (Å²) in [7, 11) is 0. The molecule has 7 heteroatoms. The lowest BCUT2D eigenvalue weighted by Crippen LogP contribution is -2.28. The zero-order valence-electron chi connectivity index (χ0n) is 11.2. The van der Waals surface area contributed by atoms with Crippen molar-refractivity contribution in [1.29, 1.82) is 0 Å². The van der Waals surface area contributed by atoms with Crippen LogP contribution >= 0.6 is 11.8 Å². The molecule has 0 bridgehead atoms. The second kappa shape index (κ2) is 5.64. The minimum absolute atomic E-state index is 0.139. The average molecular weight is 324 g/mol. The fraction of sp³-hybridized carbons (Fsp3) is 0.200. The summed E-state index contributed by atoms with van der Waals surface area (Å²) in [4.78, 5) is 17.8. The van der Waals surface area contributed by atoms with Crippen LogP contribution in [0.1, 0.15) is 16.6 Å². The van der Waals surface area contributed by atoms with Crippen LogP contribution in [0.3, 0.4) is 0 Å². The third-order valence-electron chi connectivity index (χ3n) is 3.28. The Balaban J connectivity index is 1.93. The Labute approximate surface area is 129 Å². The number of carbonyl (C=O) groups excluding carboxylic acids is 1. The molecule has 1 aromatic carbocycles. The fourth-order valence-electron chi connectivity index (χ4n) is 2.26. The summed E-state index contributed by atoms with van der Waals surface area (Å²) >= 11 is 1.41. The smallest absolute Gasteiger partial charge is 0.293 e. The van der Waals surface area contributed by atoms with Crippen LogP contribution in [0.2, 0.25) is 0 Å². The molecule has 1 aromatic heterocycles. The highest BCUT2D eigenvalue weighted by Crippen LogP contribution is 2.41. The van der Waals surface area contributed by atoms with Gasteiger partial charge in [-0.15, -0.1) is 11.8 Å². The Morgan fingerprint density at radius 2 is 1.86 bits per heavy atom. The van der Waals surface area contributed by atoms with Crippen LogP contribution in [0, 0.1) is 0 Å². The highest BCUT2D eigenvalue weighted by molar-refractivity contribution is 8.00. The quantitative estimate of drug-likeness (QED) is 0.840. The Morgan fingerprint density at radius 1 is 1.14 bits per heavy atom. The number of carbonyl (C=O) groups is 1. The van der Waals surface area contributed by atoms with E-state index in [1.807, 2.05) is 6.07 Å². The van der Waals surface area contributed by atoms with Gasteiger partial charge in [0.25, 0.3) is 0 Å². The predicted octanol–water partition coefficient (Wildman–Crippen LogP) is 3.88. The largest absolute Gasteiger partial charge is 0.416 e. The summed E-state index contributed by atoms with van der Waals surface area (Å²) in [6.07, 6.45) is -2.76. The first kappa shape index (κ1) is 14.9. The molecule has 0 spiro atoms. The molecule has 1 aliphatic heterocycles. The van der Waals surface area contributed by atoms with Crippen LogP contribution < -0.4 is 4.90 Å². The topological polar surface area (TPSA) is 33.2 Å². The van der Waals surface area contributed by atoms with E-state index in [4.69, 9.17) is 0 Å². The number of benzene rings is 1. The number of amides is 1. The van der Waals surface area contributed by atoms with Crippen LogP contribution in [-0.4, -0.2) is 16.6 Å². The van der Waals surface area contributed by atoms with Gasteiger partial charge in [0.15, 0.2) is 0 Å². The number of alkyl halides is 3. The lowest BCUT2D eigenvalue weighted by atomic mass is 10.2. The molecular weight excluding hydrogens is 313 g/mol. The van der Waals surface area contributed by atoms with Gasteiger partial charge in [0.05, 0.1) is 17.0 Å². The van der Waals surface area contributed by atoms with E-state index in [2.05, 4.69) is 4.98 Å². The summed E-state index contributed by atoms with van der Waals surface area (Å²) in [6, 6.07) is 10.0. The van der Waals surface area contributed by atoms with Gasteiger partial charge in [-0.1, -0.05) is 6.07 Å². The first-order chi connectivity index (χ1) is 10.5. The first-order valence-corrected chi connectivity index (χ1v) is 7.53. The highest BCUT2D eigenvalue weighted by Gasteiger charge is 2.36. The van der Waals surface area contributed by atoms with Crippen molar-refractivity contribution in [2.24, 2.45) is 0 Å². The van der Waals surface area contributed by atoms with Gasteiger partial charge in [-0.05, 0) is 36.4 Å². The van der Waals surface area contributed by atoms with E-state index in [9.17, 15) is 18.0 Å². The van der Waals surface area contributed by atoms with Crippen LogP contribution in [-0.2, 0) is 11.0 Å². The number of pyridine rings is 1. The van der Waals surface area contributed by atoms with E-state index in [-0.39, 0.29) is 17.0 Å². The summed E-state index contributed by atoms with van der Waals surface area (Å²) < 4.78 is 37.9. The molecule has 114 valence electrons. The second-order valence-corrected chi connectivity index (χ2v) is 5.79. The second-order valence-electron chi connectivity index (χ2n) is 4.73. The molecule has 1 atom stereocenters. The third-order valence-corrected chi connectivity index (χ3v) is 4.46. The Bertz CT molecular complexity index is 673. The molecule has 22 heavy (non-hydrogen) atoms. The highest BCUT2D eigenvalue weighted by atomic mass is 32.2. The van der Waals surface area contributed by atoms with E-state index in [1.165, 1.54) is 28.8 Å². The number of rotatable bonds is 2. The van der Waals surface area contributed by atoms with Gasteiger partial charge in [-0.25, -0.2) is 0 Å². The van der Waals surface area contributed by atoms with Crippen molar-refractivity contribution in [3.05, 3.63) is 59.9 Å². The molecule has 0 aliphatic carbocycles. The third kappa shape index (κ3) is 2.81. The maximum absolute atomic E-state index is 12.6. The molecule has 2 heterocycles. The van der Waals surface area contributed by atoms with Gasteiger partial charge in [0, 0.05) is 11.9 Å². The van der Waals surface area contributed by atoms with Gasteiger partial charge in [-0.2, -0.15) is 13.2 Å². The Hall–Kier alpha value is -2.02. The molecule has 3 rings (SSSR count). The minimum Gasteiger partial charge on any atom is -0.293 e. The lowest BCUT2D eigenvalue weighted by molar-refractivity contribution is -0.137. The zero-order chi connectivity index (χ0) is 15.7. The lowest BCUT2D eigenvalue weighted by Gasteiger charge is -2.23. The van der Waals surface area contributed by atoms with Gasteiger partial charge in [0.2, 0.25) is 5.91 Å². The molecule has 1 fully saturated rings. The van der Waals surface area contributed by atoms with E-state index in [1.54, 1.807) is 18.3 Å². The molecule has 0 unspecified atom stereocenters. The molecule has 0 saturated carbocycles. The molecule has 0 N–H and O–H groups in total. The summed E-state index contributed by atoms with van der Waals surface area (Å²) in [5.41, 5.74) is 0.418. The molecule has 3 nitrogen and oxygen atoms in total. The van der Waals surface area contributed by atoms with Crippen molar-refractivity contribution in [2.75, 3.05) is 10.7 Å². The summed E-state index contributed by atoms with van der Waals surface area (Å²) in [6.45, 7) is 0. The standard InChI is InChI=1S/C15H11F3N2OS/c16-15(17,18)10-4-6-11(7-5-10)20-13(21)9-22-14(20)12-3-1-2-8-19-12/h1-8,14H,9H2/t14-/m1/s1. The van der Waals surface area contributed by atoms with Gasteiger partial charge in [0.1, 0.15) is 5.37 Å². The SMILES string of the molecule is O=C1CS[C@H](c2ccccn2)N1c1ccc(C(F)(F)F)cc1. The van der Waals surface area contributed by atoms with E-state index in [0.29, 0.717) is 11.4 Å². The van der Waals surface area contributed by atoms with Crippen molar-refractivity contribution >= 4 is 23.4 Å². The van der Waals surface area contributed by atoms with Gasteiger partial charge in [-0.3, -0.25) is 14.7 Å². The number of anilines is 1. The summed E-state index contributed by atoms with van der Waals surface area (Å²) in [5, 5.41) is -0.314. The van der Waals surface area contributed by atoms with Crippen LogP contribution in [0.25, 0.3) is 0 Å². The van der Waals surface area contributed by atoms with Crippen LogP contribution in [0.4, 0.5) is 18.9 Å². The summed E-state index contributed by atoms with van der Waals surface area (Å²) in [5.74, 6) is 0.142. The monoisotopic (exact) mass is 324 g/mol. The van der Waals surface area contributed by atoms with Crippen molar-refractivity contribution in [1.82, 2.24) is 4.98 Å². The minimum atomic E-state index is -4.39.